The van der Waals surface area contributed by atoms with Gasteiger partial charge < -0.3 is 4.74 Å². The van der Waals surface area contributed by atoms with Crippen LogP contribution >= 0.6 is 0 Å². The van der Waals surface area contributed by atoms with Crippen LogP contribution in [0.3, 0.4) is 0 Å². The van der Waals surface area contributed by atoms with Crippen molar-refractivity contribution < 1.29 is 17.9 Å². The number of carbonyl (C=O) groups excluding carboxylic acids is 1. The molecule has 1 atom stereocenters. The summed E-state index contributed by atoms with van der Waals surface area (Å²) in [7, 11) is -1.87. The van der Waals surface area contributed by atoms with E-state index in [1.165, 1.54) is 7.11 Å². The number of rotatable bonds is 6. The zero-order valence-corrected chi connectivity index (χ0v) is 12.5. The Morgan fingerprint density at radius 3 is 2.11 bits per heavy atom. The number of sulfone groups is 1. The van der Waals surface area contributed by atoms with Gasteiger partial charge in [0.1, 0.15) is 11.5 Å². The van der Waals surface area contributed by atoms with E-state index in [0.717, 1.165) is 0 Å². The number of benzene rings is 1. The van der Waals surface area contributed by atoms with Crippen molar-refractivity contribution in [3.8, 4) is 5.75 Å². The lowest BCUT2D eigenvalue weighted by molar-refractivity contribution is 0.102. The van der Waals surface area contributed by atoms with Gasteiger partial charge in [0.05, 0.1) is 12.4 Å². The minimum Gasteiger partial charge on any atom is -0.497 e. The van der Waals surface area contributed by atoms with Gasteiger partial charge in [0, 0.05) is 5.56 Å². The lowest BCUT2D eigenvalue weighted by atomic mass is 10.1. The van der Waals surface area contributed by atoms with Crippen molar-refractivity contribution in [1.82, 2.24) is 0 Å². The van der Waals surface area contributed by atoms with Crippen LogP contribution in [0.15, 0.2) is 24.3 Å². The fraction of sp³-hybridized carbons (Fsp3) is 0.500. The zero-order chi connectivity index (χ0) is 14.6. The highest BCUT2D eigenvalue weighted by molar-refractivity contribution is 7.92. The SMILES string of the molecule is COc1ccc(C(=O)CS(=O)(=O)C(C)C(C)C)cc1. The highest BCUT2D eigenvalue weighted by Gasteiger charge is 2.27. The molecule has 0 spiro atoms. The third kappa shape index (κ3) is 4.06. The number of carbonyl (C=O) groups is 1. The monoisotopic (exact) mass is 284 g/mol. The molecule has 0 aliphatic carbocycles. The number of hydrogen-bond acceptors (Lipinski definition) is 4. The molecule has 0 amide bonds. The molecule has 1 rings (SSSR count). The van der Waals surface area contributed by atoms with Crippen LogP contribution in [0.1, 0.15) is 31.1 Å². The number of methoxy groups -OCH3 is 1. The molecule has 0 fully saturated rings. The lowest BCUT2D eigenvalue weighted by Crippen LogP contribution is -2.29. The van der Waals surface area contributed by atoms with Gasteiger partial charge in [-0.15, -0.1) is 0 Å². The molecule has 0 bridgehead atoms. The second-order valence-electron chi connectivity index (χ2n) is 4.91. The third-order valence-corrected chi connectivity index (χ3v) is 5.59. The van der Waals surface area contributed by atoms with E-state index < -0.39 is 20.8 Å². The van der Waals surface area contributed by atoms with Gasteiger partial charge in [0.15, 0.2) is 15.6 Å². The van der Waals surface area contributed by atoms with Crippen LogP contribution in [0, 0.1) is 5.92 Å². The van der Waals surface area contributed by atoms with Crippen molar-refractivity contribution in [1.29, 1.82) is 0 Å². The Balaban J connectivity index is 2.84. The van der Waals surface area contributed by atoms with Crippen molar-refractivity contribution in [2.24, 2.45) is 5.92 Å². The average molecular weight is 284 g/mol. The first-order chi connectivity index (χ1) is 8.77. The summed E-state index contributed by atoms with van der Waals surface area (Å²) in [5.41, 5.74) is 0.389. The molecule has 1 aromatic carbocycles. The Bertz CT molecular complexity index is 529. The topological polar surface area (TPSA) is 60.4 Å². The minimum absolute atomic E-state index is 0.00586. The summed E-state index contributed by atoms with van der Waals surface area (Å²) in [6, 6.07) is 6.45. The third-order valence-electron chi connectivity index (χ3n) is 3.25. The Hall–Kier alpha value is -1.36. The van der Waals surface area contributed by atoms with E-state index in [1.807, 2.05) is 13.8 Å². The van der Waals surface area contributed by atoms with Crippen molar-refractivity contribution in [3.05, 3.63) is 29.8 Å². The largest absolute Gasteiger partial charge is 0.497 e. The smallest absolute Gasteiger partial charge is 0.177 e. The molecule has 1 aromatic rings. The van der Waals surface area contributed by atoms with E-state index in [1.54, 1.807) is 31.2 Å². The van der Waals surface area contributed by atoms with Gasteiger partial charge in [0.25, 0.3) is 0 Å². The molecule has 0 saturated heterocycles. The van der Waals surface area contributed by atoms with E-state index in [0.29, 0.717) is 11.3 Å². The van der Waals surface area contributed by atoms with Crippen LogP contribution < -0.4 is 4.74 Å². The van der Waals surface area contributed by atoms with Gasteiger partial charge in [-0.25, -0.2) is 8.42 Å². The molecule has 0 N–H and O–H groups in total. The molecule has 0 saturated carbocycles. The molecular formula is C14H20O4S. The van der Waals surface area contributed by atoms with Gasteiger partial charge in [0.2, 0.25) is 0 Å². The predicted octanol–water partition coefficient (Wildman–Crippen LogP) is 2.34. The maximum Gasteiger partial charge on any atom is 0.177 e. The second-order valence-corrected chi connectivity index (χ2v) is 7.27. The summed E-state index contributed by atoms with van der Waals surface area (Å²) in [6.45, 7) is 5.31. The summed E-state index contributed by atoms with van der Waals surface area (Å²) in [6.07, 6.45) is 0. The lowest BCUT2D eigenvalue weighted by Gasteiger charge is -2.15. The number of ether oxygens (including phenoxy) is 1. The first kappa shape index (κ1) is 15.7. The maximum atomic E-state index is 12.0. The zero-order valence-electron chi connectivity index (χ0n) is 11.7. The highest BCUT2D eigenvalue weighted by Crippen LogP contribution is 2.16. The number of hydrogen-bond donors (Lipinski definition) is 0. The van der Waals surface area contributed by atoms with Gasteiger partial charge in [-0.1, -0.05) is 13.8 Å². The van der Waals surface area contributed by atoms with Crippen LogP contribution in [0.4, 0.5) is 0 Å². The summed E-state index contributed by atoms with van der Waals surface area (Å²) in [5, 5.41) is -0.519. The molecule has 4 nitrogen and oxygen atoms in total. The predicted molar refractivity (Wildman–Crippen MR) is 75.4 cm³/mol. The van der Waals surface area contributed by atoms with E-state index >= 15 is 0 Å². The summed E-state index contributed by atoms with van der Waals surface area (Å²) in [4.78, 5) is 12.0. The quantitative estimate of drug-likeness (QED) is 0.752. The van der Waals surface area contributed by atoms with E-state index in [4.69, 9.17) is 4.74 Å². The normalized spacial score (nSPS) is 13.3. The fourth-order valence-electron chi connectivity index (χ4n) is 1.59. The molecule has 0 heterocycles. The van der Waals surface area contributed by atoms with Crippen LogP contribution in [0.5, 0.6) is 5.75 Å². The van der Waals surface area contributed by atoms with Gasteiger partial charge >= 0.3 is 0 Å². The molecule has 5 heteroatoms. The van der Waals surface area contributed by atoms with E-state index in [-0.39, 0.29) is 11.7 Å². The van der Waals surface area contributed by atoms with Crippen molar-refractivity contribution >= 4 is 15.6 Å². The van der Waals surface area contributed by atoms with E-state index in [9.17, 15) is 13.2 Å². The average Bonchev–Trinajstić information content (AvgIpc) is 2.37. The first-order valence-electron chi connectivity index (χ1n) is 6.16. The van der Waals surface area contributed by atoms with Crippen LogP contribution in [0.25, 0.3) is 0 Å². The summed E-state index contributed by atoms with van der Waals surface area (Å²) < 4.78 is 29.1. The Kier molecular flexibility index (Phi) is 5.11. The Morgan fingerprint density at radius 2 is 1.68 bits per heavy atom. The minimum atomic E-state index is -3.40. The summed E-state index contributed by atoms with van der Waals surface area (Å²) >= 11 is 0. The standard InChI is InChI=1S/C14H20O4S/c1-10(2)11(3)19(16,17)9-14(15)12-5-7-13(18-4)8-6-12/h5-8,10-11H,9H2,1-4H3. The number of Topliss-reactive ketones (excluding diaryl/α,β-unsaturated/α-hetero) is 1. The fourth-order valence-corrected chi connectivity index (χ4v) is 3.21. The molecular weight excluding hydrogens is 264 g/mol. The van der Waals surface area contributed by atoms with Crippen LogP contribution in [-0.4, -0.2) is 32.3 Å². The van der Waals surface area contributed by atoms with Crippen LogP contribution in [-0.2, 0) is 9.84 Å². The molecule has 106 valence electrons. The Morgan fingerprint density at radius 1 is 1.16 bits per heavy atom. The Labute approximate surface area is 114 Å². The van der Waals surface area contributed by atoms with Crippen molar-refractivity contribution in [2.75, 3.05) is 12.9 Å². The van der Waals surface area contributed by atoms with Gasteiger partial charge in [-0.2, -0.15) is 0 Å². The van der Waals surface area contributed by atoms with Gasteiger partial charge in [-0.3, -0.25) is 4.79 Å². The first-order valence-corrected chi connectivity index (χ1v) is 7.88. The molecule has 0 aliphatic heterocycles. The van der Waals surface area contributed by atoms with Crippen molar-refractivity contribution in [3.63, 3.8) is 0 Å². The molecule has 0 aromatic heterocycles. The van der Waals surface area contributed by atoms with Crippen molar-refractivity contribution in [2.45, 2.75) is 26.0 Å². The van der Waals surface area contributed by atoms with Gasteiger partial charge in [-0.05, 0) is 37.1 Å². The number of ketones is 1. The maximum absolute atomic E-state index is 12.0. The highest BCUT2D eigenvalue weighted by atomic mass is 32.2. The second kappa shape index (κ2) is 6.19. The van der Waals surface area contributed by atoms with Crippen LogP contribution in [0.2, 0.25) is 0 Å². The summed E-state index contributed by atoms with van der Waals surface area (Å²) in [5.74, 6) is -0.197. The molecule has 19 heavy (non-hydrogen) atoms. The molecule has 0 radical (unpaired) electrons. The molecule has 1 unspecified atom stereocenters. The molecule has 0 aliphatic rings. The van der Waals surface area contributed by atoms with E-state index in [2.05, 4.69) is 0 Å².